The number of rotatable bonds is 6. The molecule has 0 aliphatic rings. The molecule has 2 rings (SSSR count). The molecule has 0 spiro atoms. The Morgan fingerprint density at radius 3 is 2.76 bits per heavy atom. The van der Waals surface area contributed by atoms with Gasteiger partial charge in [-0.25, -0.2) is 13.1 Å². The van der Waals surface area contributed by atoms with Crippen molar-refractivity contribution in [3.8, 4) is 0 Å². The van der Waals surface area contributed by atoms with Crippen LogP contribution in [0.4, 0.5) is 0 Å². The minimum Gasteiger partial charge on any atom is -0.314 e. The molecule has 1 unspecified atom stereocenters. The summed E-state index contributed by atoms with van der Waals surface area (Å²) < 4.78 is 28.4. The highest BCUT2D eigenvalue weighted by Crippen LogP contribution is 2.28. The smallest absolute Gasteiger partial charge is 0.244 e. The van der Waals surface area contributed by atoms with Gasteiger partial charge in [-0.15, -0.1) is 11.3 Å². The first-order valence-electron chi connectivity index (χ1n) is 6.31. The average molecular weight is 349 g/mol. The molecule has 0 amide bonds. The molecule has 0 radical (unpaired) electrons. The van der Waals surface area contributed by atoms with Gasteiger partial charge in [0.05, 0.1) is 21.8 Å². The van der Waals surface area contributed by atoms with Gasteiger partial charge in [0.15, 0.2) is 0 Å². The predicted octanol–water partition coefficient (Wildman–Crippen LogP) is 2.19. The number of halogens is 1. The number of thiophene rings is 1. The van der Waals surface area contributed by atoms with Crippen molar-refractivity contribution in [2.45, 2.75) is 31.3 Å². The van der Waals surface area contributed by atoms with Crippen LogP contribution in [0.2, 0.25) is 4.34 Å². The lowest BCUT2D eigenvalue weighted by molar-refractivity contribution is 0.566. The van der Waals surface area contributed by atoms with Crippen LogP contribution >= 0.6 is 22.9 Å². The number of aromatic nitrogens is 2. The van der Waals surface area contributed by atoms with Crippen molar-refractivity contribution in [3.05, 3.63) is 32.7 Å². The third kappa shape index (κ3) is 3.64. The third-order valence-electron chi connectivity index (χ3n) is 2.93. The normalized spacial score (nSPS) is 13.5. The van der Waals surface area contributed by atoms with Crippen molar-refractivity contribution in [1.29, 1.82) is 0 Å². The Labute approximate surface area is 133 Å². The molecule has 2 heterocycles. The van der Waals surface area contributed by atoms with E-state index < -0.39 is 10.0 Å². The van der Waals surface area contributed by atoms with Crippen molar-refractivity contribution in [2.75, 3.05) is 7.05 Å². The third-order valence-corrected chi connectivity index (χ3v) is 6.08. The van der Waals surface area contributed by atoms with Crippen molar-refractivity contribution in [1.82, 2.24) is 20.2 Å². The number of aryl methyl sites for hydroxylation is 1. The molecule has 6 nitrogen and oxygen atoms in total. The minimum atomic E-state index is -3.66. The van der Waals surface area contributed by atoms with E-state index >= 15 is 0 Å². The molecule has 0 bridgehead atoms. The van der Waals surface area contributed by atoms with E-state index in [9.17, 15) is 8.42 Å². The summed E-state index contributed by atoms with van der Waals surface area (Å²) in [5.41, 5.74) is 0.989. The summed E-state index contributed by atoms with van der Waals surface area (Å²) >= 11 is 7.24. The van der Waals surface area contributed by atoms with E-state index in [1.165, 1.54) is 11.3 Å². The molecular formula is C12H17ClN4O2S2. The monoisotopic (exact) mass is 348 g/mol. The zero-order chi connectivity index (χ0) is 15.6. The van der Waals surface area contributed by atoms with Gasteiger partial charge in [0, 0.05) is 11.4 Å². The maximum atomic E-state index is 12.6. The van der Waals surface area contributed by atoms with E-state index in [4.69, 9.17) is 11.6 Å². The van der Waals surface area contributed by atoms with Crippen LogP contribution in [0.25, 0.3) is 0 Å². The fourth-order valence-corrected chi connectivity index (χ4v) is 4.75. The summed E-state index contributed by atoms with van der Waals surface area (Å²) in [5.74, 6) is 0. The van der Waals surface area contributed by atoms with Crippen LogP contribution < -0.4 is 10.0 Å². The molecule has 0 saturated heterocycles. The van der Waals surface area contributed by atoms with Gasteiger partial charge in [-0.3, -0.25) is 5.10 Å². The zero-order valence-electron chi connectivity index (χ0n) is 11.9. The Hall–Kier alpha value is -0.930. The quantitative estimate of drug-likeness (QED) is 0.746. The maximum Gasteiger partial charge on any atom is 0.244 e. The Balaban J connectivity index is 2.28. The van der Waals surface area contributed by atoms with Crippen LogP contribution in [0.1, 0.15) is 29.2 Å². The second-order valence-corrected chi connectivity index (χ2v) is 8.04. The average Bonchev–Trinajstić information content (AvgIpc) is 2.96. The van der Waals surface area contributed by atoms with Crippen LogP contribution in [0.5, 0.6) is 0 Å². The van der Waals surface area contributed by atoms with Gasteiger partial charge in [0.2, 0.25) is 10.0 Å². The fourth-order valence-electron chi connectivity index (χ4n) is 2.02. The molecule has 9 heteroatoms. The first kappa shape index (κ1) is 16.4. The molecule has 116 valence electrons. The lowest BCUT2D eigenvalue weighted by Crippen LogP contribution is -2.28. The number of nitrogens with one attached hydrogen (secondary N) is 3. The number of sulfonamides is 1. The summed E-state index contributed by atoms with van der Waals surface area (Å²) in [6.07, 6.45) is 0. The van der Waals surface area contributed by atoms with Gasteiger partial charge in [-0.05, 0) is 33.0 Å². The Morgan fingerprint density at radius 2 is 2.19 bits per heavy atom. The molecule has 0 aliphatic heterocycles. The van der Waals surface area contributed by atoms with Gasteiger partial charge in [-0.2, -0.15) is 5.10 Å². The number of hydrogen-bond acceptors (Lipinski definition) is 5. The molecule has 21 heavy (non-hydrogen) atoms. The van der Waals surface area contributed by atoms with Crippen LogP contribution in [0.15, 0.2) is 17.0 Å². The molecular weight excluding hydrogens is 332 g/mol. The fraction of sp³-hybridized carbons (Fsp3) is 0.417. The largest absolute Gasteiger partial charge is 0.314 e. The molecule has 0 saturated carbocycles. The lowest BCUT2D eigenvalue weighted by atomic mass is 10.3. The maximum absolute atomic E-state index is 12.6. The number of hydrogen-bond donors (Lipinski definition) is 3. The standard InChI is InChI=1S/C12H17ClN4O2S2/c1-7(10-4-5-11(13)20-10)17-21(18,19)12-8(2)15-16-9(12)6-14-3/h4-5,7,14,17H,6H2,1-3H3,(H,15,16). The van der Waals surface area contributed by atoms with Crippen LogP contribution in [0.3, 0.4) is 0 Å². The highest BCUT2D eigenvalue weighted by atomic mass is 35.5. The Kier molecular flexibility index (Phi) is 5.05. The van der Waals surface area contributed by atoms with Crippen LogP contribution in [0, 0.1) is 6.92 Å². The van der Waals surface area contributed by atoms with E-state index in [2.05, 4.69) is 20.2 Å². The summed E-state index contributed by atoms with van der Waals surface area (Å²) in [6, 6.07) is 3.21. The van der Waals surface area contributed by atoms with Gasteiger partial charge in [0.25, 0.3) is 0 Å². The van der Waals surface area contributed by atoms with Crippen LogP contribution in [-0.2, 0) is 16.6 Å². The minimum absolute atomic E-state index is 0.200. The zero-order valence-corrected chi connectivity index (χ0v) is 14.3. The summed E-state index contributed by atoms with van der Waals surface area (Å²) in [7, 11) is -1.92. The van der Waals surface area contributed by atoms with E-state index in [1.807, 2.05) is 6.07 Å². The topological polar surface area (TPSA) is 86.9 Å². The molecule has 2 aromatic heterocycles. The van der Waals surface area contributed by atoms with Gasteiger partial charge in [0.1, 0.15) is 4.90 Å². The van der Waals surface area contributed by atoms with E-state index in [0.717, 1.165) is 4.88 Å². The molecule has 0 aliphatic carbocycles. The number of H-pyrrole nitrogens is 1. The van der Waals surface area contributed by atoms with E-state index in [0.29, 0.717) is 22.3 Å². The van der Waals surface area contributed by atoms with Crippen molar-refractivity contribution < 1.29 is 8.42 Å². The first-order chi connectivity index (χ1) is 9.85. The lowest BCUT2D eigenvalue weighted by Gasteiger charge is -2.13. The van der Waals surface area contributed by atoms with Gasteiger partial charge in [-0.1, -0.05) is 11.6 Å². The molecule has 2 aromatic rings. The predicted molar refractivity (Wildman–Crippen MR) is 84.2 cm³/mol. The highest BCUT2D eigenvalue weighted by molar-refractivity contribution is 7.89. The summed E-state index contributed by atoms with van der Waals surface area (Å²) in [5, 5.41) is 9.66. The molecule has 0 aromatic carbocycles. The first-order valence-corrected chi connectivity index (χ1v) is 8.99. The SMILES string of the molecule is CNCc1n[nH]c(C)c1S(=O)(=O)NC(C)c1ccc(Cl)s1. The summed E-state index contributed by atoms with van der Waals surface area (Å²) in [6.45, 7) is 3.85. The van der Waals surface area contributed by atoms with Crippen molar-refractivity contribution in [3.63, 3.8) is 0 Å². The highest BCUT2D eigenvalue weighted by Gasteiger charge is 2.26. The van der Waals surface area contributed by atoms with E-state index in [1.54, 1.807) is 27.0 Å². The second-order valence-electron chi connectivity index (χ2n) is 4.64. The number of nitrogens with zero attached hydrogens (tertiary/aromatic N) is 1. The molecule has 0 fully saturated rings. The van der Waals surface area contributed by atoms with Crippen molar-refractivity contribution >= 4 is 33.0 Å². The molecule has 1 atom stereocenters. The number of aromatic amines is 1. The van der Waals surface area contributed by atoms with Crippen molar-refractivity contribution in [2.24, 2.45) is 0 Å². The van der Waals surface area contributed by atoms with Gasteiger partial charge < -0.3 is 5.32 Å². The Morgan fingerprint density at radius 1 is 1.48 bits per heavy atom. The Bertz CT molecular complexity index is 723. The van der Waals surface area contributed by atoms with Gasteiger partial charge >= 0.3 is 0 Å². The second kappa shape index (κ2) is 6.45. The van der Waals surface area contributed by atoms with Crippen LogP contribution in [-0.4, -0.2) is 25.7 Å². The molecule has 3 N–H and O–H groups in total. The van der Waals surface area contributed by atoms with E-state index in [-0.39, 0.29) is 10.9 Å². The summed E-state index contributed by atoms with van der Waals surface area (Å²) in [4.78, 5) is 1.06.